The molecule has 2 rings (SSSR count). The molecule has 0 aliphatic rings. The van der Waals surface area contributed by atoms with E-state index in [1.807, 2.05) is 0 Å². The van der Waals surface area contributed by atoms with Crippen LogP contribution in [-0.2, 0) is 34.1 Å². The lowest BCUT2D eigenvalue weighted by Gasteiger charge is -2.08. The van der Waals surface area contributed by atoms with Crippen molar-refractivity contribution in [1.29, 1.82) is 0 Å². The maximum Gasteiger partial charge on any atom is 0.263 e. The molecule has 0 atom stereocenters. The summed E-state index contributed by atoms with van der Waals surface area (Å²) >= 11 is 0. The van der Waals surface area contributed by atoms with Crippen molar-refractivity contribution in [3.8, 4) is 0 Å². The summed E-state index contributed by atoms with van der Waals surface area (Å²) < 4.78 is 46.7. The lowest BCUT2D eigenvalue weighted by atomic mass is 10.0. The minimum Gasteiger partial charge on any atom is -0.211 e. The largest absolute Gasteiger partial charge is 0.263 e. The Morgan fingerprint density at radius 1 is 0.741 bits per heavy atom. The predicted octanol–water partition coefficient (Wildman–Crippen LogP) is 3.07. The van der Waals surface area contributed by atoms with Gasteiger partial charge in [0.15, 0.2) is 0 Å². The number of hydrogen-bond donors (Lipinski definition) is 0. The van der Waals surface area contributed by atoms with Crippen LogP contribution in [0.4, 0.5) is 11.4 Å². The van der Waals surface area contributed by atoms with Gasteiger partial charge in [-0.15, -0.1) is 0 Å². The number of halogens is 2. The van der Waals surface area contributed by atoms with Crippen LogP contribution in [0.3, 0.4) is 0 Å². The van der Waals surface area contributed by atoms with E-state index in [9.17, 15) is 26.4 Å². The molecule has 27 heavy (non-hydrogen) atoms. The maximum atomic E-state index is 11.7. The van der Waals surface area contributed by atoms with E-state index < -0.39 is 27.9 Å². The second kappa shape index (κ2) is 8.14. The molecule has 0 aliphatic heterocycles. The number of hydrogen-bond acceptors (Lipinski definition) is 8. The van der Waals surface area contributed by atoms with E-state index in [4.69, 9.17) is 21.4 Å². The first-order chi connectivity index (χ1) is 12.6. The van der Waals surface area contributed by atoms with Gasteiger partial charge >= 0.3 is 0 Å². The Morgan fingerprint density at radius 3 is 1.41 bits per heavy atom. The second-order valence-electron chi connectivity index (χ2n) is 5.06. The highest BCUT2D eigenvalue weighted by molar-refractivity contribution is 8.14. The summed E-state index contributed by atoms with van der Waals surface area (Å²) in [6.45, 7) is 0. The average Bonchev–Trinajstić information content (AvgIpc) is 2.56. The van der Waals surface area contributed by atoms with Gasteiger partial charge in [-0.05, 0) is 41.8 Å². The molecule has 0 N–H and O–H groups in total. The summed E-state index contributed by atoms with van der Waals surface area (Å²) in [6.07, 6.45) is 2.57. The molecule has 0 fully saturated rings. The molecule has 2 aromatic carbocycles. The van der Waals surface area contributed by atoms with Gasteiger partial charge in [-0.2, -0.15) is 9.98 Å². The SMILES string of the molecule is O=C=Nc1ccc(Cc2ccc(N=C=O)c(S(=O)(=O)Cl)c2)cc1S(=O)(=O)Cl. The lowest BCUT2D eigenvalue weighted by molar-refractivity contribution is 0.564. The molecule has 0 spiro atoms. The molecule has 0 radical (unpaired) electrons. The number of nitrogens with zero attached hydrogens (tertiary/aromatic N) is 2. The summed E-state index contributed by atoms with van der Waals surface area (Å²) in [5.74, 6) is 0. The fourth-order valence-corrected chi connectivity index (χ4v) is 4.30. The molecule has 0 aliphatic carbocycles. The minimum absolute atomic E-state index is 0.0922. The zero-order valence-corrected chi connectivity index (χ0v) is 16.2. The van der Waals surface area contributed by atoms with E-state index in [1.54, 1.807) is 0 Å². The van der Waals surface area contributed by atoms with Crippen LogP contribution in [-0.4, -0.2) is 29.0 Å². The molecule has 12 heteroatoms. The van der Waals surface area contributed by atoms with Gasteiger partial charge in [0.25, 0.3) is 18.1 Å². The van der Waals surface area contributed by atoms with Gasteiger partial charge in [0.05, 0.1) is 11.4 Å². The van der Waals surface area contributed by atoms with Gasteiger partial charge in [-0.3, -0.25) is 0 Å². The van der Waals surface area contributed by atoms with Crippen molar-refractivity contribution in [3.63, 3.8) is 0 Å². The Morgan fingerprint density at radius 2 is 1.11 bits per heavy atom. The van der Waals surface area contributed by atoms with Gasteiger partial charge in [-0.25, -0.2) is 26.4 Å². The van der Waals surface area contributed by atoms with Crippen molar-refractivity contribution < 1.29 is 26.4 Å². The zero-order valence-electron chi connectivity index (χ0n) is 13.1. The van der Waals surface area contributed by atoms with Crippen molar-refractivity contribution in [2.45, 2.75) is 16.2 Å². The third-order valence-corrected chi connectivity index (χ3v) is 6.02. The first-order valence-corrected chi connectivity index (χ1v) is 11.5. The monoisotopic (exact) mass is 446 g/mol. The Balaban J connectivity index is 2.55. The molecule has 0 heterocycles. The van der Waals surface area contributed by atoms with Crippen LogP contribution in [0.5, 0.6) is 0 Å². The Kier molecular flexibility index (Phi) is 6.33. The van der Waals surface area contributed by atoms with E-state index in [2.05, 4.69) is 9.98 Å². The molecular weight excluding hydrogens is 439 g/mol. The number of isocyanates is 2. The molecule has 0 saturated heterocycles. The molecule has 140 valence electrons. The molecular formula is C15H8Cl2N2O6S2. The fourth-order valence-electron chi connectivity index (χ4n) is 2.25. The number of carbonyl (C=O) groups excluding carboxylic acids is 2. The lowest BCUT2D eigenvalue weighted by Crippen LogP contribution is -1.97. The van der Waals surface area contributed by atoms with Crippen LogP contribution in [0.15, 0.2) is 56.2 Å². The summed E-state index contributed by atoms with van der Waals surface area (Å²) in [5.41, 5.74) is 0.513. The molecule has 0 saturated carbocycles. The van der Waals surface area contributed by atoms with Gasteiger partial charge in [0.1, 0.15) is 9.79 Å². The topological polar surface area (TPSA) is 127 Å². The number of benzene rings is 2. The van der Waals surface area contributed by atoms with Gasteiger partial charge < -0.3 is 0 Å². The molecule has 0 aromatic heterocycles. The van der Waals surface area contributed by atoms with Crippen LogP contribution in [0.25, 0.3) is 0 Å². The number of rotatable bonds is 6. The minimum atomic E-state index is -4.19. The van der Waals surface area contributed by atoms with Gasteiger partial charge in [0, 0.05) is 21.4 Å². The fraction of sp³-hybridized carbons (Fsp3) is 0.0667. The van der Waals surface area contributed by atoms with E-state index >= 15 is 0 Å². The first kappa shape index (κ1) is 21.0. The highest BCUT2D eigenvalue weighted by atomic mass is 35.7. The Labute approximate surface area is 163 Å². The summed E-state index contributed by atoms with van der Waals surface area (Å²) in [6, 6.07) is 7.89. The number of aliphatic imine (C=N–C) groups is 2. The van der Waals surface area contributed by atoms with Gasteiger partial charge in [0.2, 0.25) is 12.2 Å². The van der Waals surface area contributed by atoms with E-state index in [0.29, 0.717) is 11.1 Å². The molecule has 0 bridgehead atoms. The van der Waals surface area contributed by atoms with E-state index in [-0.39, 0.29) is 17.8 Å². The van der Waals surface area contributed by atoms with E-state index in [1.165, 1.54) is 48.6 Å². The Hall–Kier alpha value is -2.32. The van der Waals surface area contributed by atoms with Crippen LogP contribution in [0.1, 0.15) is 11.1 Å². The quantitative estimate of drug-likeness (QED) is 0.381. The van der Waals surface area contributed by atoms with E-state index in [0.717, 1.165) is 0 Å². The third kappa shape index (κ3) is 5.33. The molecule has 0 unspecified atom stereocenters. The smallest absolute Gasteiger partial charge is 0.211 e. The van der Waals surface area contributed by atoms with Crippen molar-refractivity contribution in [2.24, 2.45) is 9.98 Å². The van der Waals surface area contributed by atoms with Crippen molar-refractivity contribution >= 4 is 63.0 Å². The van der Waals surface area contributed by atoms with Crippen LogP contribution < -0.4 is 0 Å². The Bertz CT molecular complexity index is 1120. The molecule has 2 aromatic rings. The highest BCUT2D eigenvalue weighted by Gasteiger charge is 2.19. The van der Waals surface area contributed by atoms with Crippen molar-refractivity contribution in [3.05, 3.63) is 47.5 Å². The van der Waals surface area contributed by atoms with Crippen LogP contribution >= 0.6 is 21.4 Å². The summed E-state index contributed by atoms with van der Waals surface area (Å²) in [5, 5.41) is 0. The van der Waals surface area contributed by atoms with Crippen LogP contribution in [0, 0.1) is 0 Å². The van der Waals surface area contributed by atoms with Gasteiger partial charge in [-0.1, -0.05) is 12.1 Å². The highest BCUT2D eigenvalue weighted by Crippen LogP contribution is 2.31. The molecule has 8 nitrogen and oxygen atoms in total. The normalized spacial score (nSPS) is 11.3. The second-order valence-corrected chi connectivity index (χ2v) is 10.1. The maximum absolute atomic E-state index is 11.7. The van der Waals surface area contributed by atoms with Crippen molar-refractivity contribution in [1.82, 2.24) is 0 Å². The predicted molar refractivity (Wildman–Crippen MR) is 97.3 cm³/mol. The average molecular weight is 447 g/mol. The van der Waals surface area contributed by atoms with Crippen LogP contribution in [0.2, 0.25) is 0 Å². The summed E-state index contributed by atoms with van der Waals surface area (Å²) in [4.78, 5) is 26.6. The van der Waals surface area contributed by atoms with Crippen molar-refractivity contribution in [2.75, 3.05) is 0 Å². The third-order valence-electron chi connectivity index (χ3n) is 3.31. The molecule has 0 amide bonds. The first-order valence-electron chi connectivity index (χ1n) is 6.87. The summed E-state index contributed by atoms with van der Waals surface area (Å²) in [7, 11) is 2.32. The standard InChI is InChI=1S/C15H8Cl2N2O6S2/c16-26(22,23)14-6-10(1-3-12(14)18-8-20)5-11-2-4-13(19-9-21)15(7-11)27(17,24)25/h1-4,6-7H,5H2. The zero-order chi connectivity index (χ0) is 20.2.